The molecule has 0 spiro atoms. The van der Waals surface area contributed by atoms with Crippen LogP contribution in [0, 0.1) is 5.92 Å². The third-order valence-corrected chi connectivity index (χ3v) is 3.87. The summed E-state index contributed by atoms with van der Waals surface area (Å²) in [6.07, 6.45) is 3.87. The fraction of sp³-hybridized carbons (Fsp3) is 0.833. The normalized spacial score (nSPS) is 23.5. The van der Waals surface area contributed by atoms with Crippen molar-refractivity contribution in [2.45, 2.75) is 32.1 Å². The van der Waals surface area contributed by atoms with Crippen LogP contribution in [0.3, 0.4) is 0 Å². The molecule has 1 saturated heterocycles. The van der Waals surface area contributed by atoms with E-state index in [-0.39, 0.29) is 0 Å². The van der Waals surface area contributed by atoms with Crippen LogP contribution in [0.1, 0.15) is 37.9 Å². The van der Waals surface area contributed by atoms with Crippen molar-refractivity contribution < 1.29 is 0 Å². The highest BCUT2D eigenvalue weighted by molar-refractivity contribution is 5.29. The molecule has 3 rings (SSSR count). The van der Waals surface area contributed by atoms with Gasteiger partial charge in [0.25, 0.3) is 0 Å². The fourth-order valence-corrected chi connectivity index (χ4v) is 2.48. The summed E-state index contributed by atoms with van der Waals surface area (Å²) in [5, 5.41) is 10.9. The van der Waals surface area contributed by atoms with Crippen LogP contribution in [0.5, 0.6) is 0 Å². The second kappa shape index (κ2) is 4.64. The van der Waals surface area contributed by atoms with Crippen LogP contribution >= 0.6 is 0 Å². The van der Waals surface area contributed by atoms with Crippen LogP contribution < -0.4 is 10.2 Å². The van der Waals surface area contributed by atoms with E-state index in [1.165, 1.54) is 19.3 Å². The van der Waals surface area contributed by atoms with Crippen LogP contribution in [0.2, 0.25) is 0 Å². The molecule has 1 aromatic heterocycles. The van der Waals surface area contributed by atoms with Gasteiger partial charge in [-0.2, -0.15) is 4.98 Å². The van der Waals surface area contributed by atoms with E-state index in [4.69, 9.17) is 0 Å². The first-order valence-electron chi connectivity index (χ1n) is 6.72. The van der Waals surface area contributed by atoms with Crippen molar-refractivity contribution in [1.29, 1.82) is 0 Å². The molecule has 1 aliphatic heterocycles. The maximum atomic E-state index is 4.67. The number of anilines is 1. The number of nitrogens with zero attached hydrogens (tertiary/aromatic N) is 3. The fourth-order valence-electron chi connectivity index (χ4n) is 2.48. The minimum Gasteiger partial charge on any atom is -0.338 e. The monoisotopic (exact) mass is 235 g/mol. The maximum Gasteiger partial charge on any atom is 0.244 e. The molecule has 1 aliphatic carbocycles. The summed E-state index contributed by atoms with van der Waals surface area (Å²) in [4.78, 5) is 6.95. The molecule has 94 valence electrons. The molecule has 1 unspecified atom stereocenters. The number of hydrogen-bond acceptors (Lipinski definition) is 4. The number of H-pyrrole nitrogens is 1. The van der Waals surface area contributed by atoms with Gasteiger partial charge in [0.1, 0.15) is 5.82 Å². The first kappa shape index (κ1) is 11.0. The molecule has 0 radical (unpaired) electrons. The zero-order valence-electron chi connectivity index (χ0n) is 10.4. The molecule has 0 aromatic carbocycles. The van der Waals surface area contributed by atoms with E-state index in [0.717, 1.165) is 43.9 Å². The average molecular weight is 235 g/mol. The van der Waals surface area contributed by atoms with E-state index < -0.39 is 0 Å². The molecular weight excluding hydrogens is 214 g/mol. The number of aromatic amines is 1. The van der Waals surface area contributed by atoms with Crippen molar-refractivity contribution in [1.82, 2.24) is 20.5 Å². The molecule has 2 fully saturated rings. The summed E-state index contributed by atoms with van der Waals surface area (Å²) in [6, 6.07) is 0. The lowest BCUT2D eigenvalue weighted by Gasteiger charge is -2.17. The van der Waals surface area contributed by atoms with Gasteiger partial charge in [-0.15, -0.1) is 5.10 Å². The van der Waals surface area contributed by atoms with E-state index >= 15 is 0 Å². The van der Waals surface area contributed by atoms with Crippen LogP contribution in [0.4, 0.5) is 5.95 Å². The van der Waals surface area contributed by atoms with Gasteiger partial charge in [-0.3, -0.25) is 5.10 Å². The molecule has 2 aliphatic rings. The highest BCUT2D eigenvalue weighted by Gasteiger charge is 2.31. The predicted molar refractivity (Wildman–Crippen MR) is 67.2 cm³/mol. The predicted octanol–water partition coefficient (Wildman–Crippen LogP) is 1.12. The van der Waals surface area contributed by atoms with Gasteiger partial charge in [-0.05, 0) is 31.7 Å². The lowest BCUT2D eigenvalue weighted by molar-refractivity contribution is 0.623. The lowest BCUT2D eigenvalue weighted by atomic mass is 10.1. The zero-order valence-corrected chi connectivity index (χ0v) is 10.4. The van der Waals surface area contributed by atoms with Gasteiger partial charge < -0.3 is 10.2 Å². The van der Waals surface area contributed by atoms with Crippen molar-refractivity contribution in [3.63, 3.8) is 0 Å². The Bertz CT molecular complexity index is 363. The molecule has 0 bridgehead atoms. The van der Waals surface area contributed by atoms with E-state index in [2.05, 4.69) is 32.3 Å². The Morgan fingerprint density at radius 1 is 1.29 bits per heavy atom. The average Bonchev–Trinajstić information content (AvgIpc) is 3.12. The molecule has 0 amide bonds. The van der Waals surface area contributed by atoms with Gasteiger partial charge in [0, 0.05) is 25.6 Å². The molecule has 2 N–H and O–H groups in total. The first-order valence-corrected chi connectivity index (χ1v) is 6.72. The molecule has 1 atom stereocenters. The Hall–Kier alpha value is -1.10. The molecule has 2 heterocycles. The standard InChI is InChI=1S/C12H21N5/c1-9(10-3-4-10)11-14-12(16-15-11)17-7-2-5-13-6-8-17/h9-10,13H,2-8H2,1H3,(H,14,15,16). The summed E-state index contributed by atoms with van der Waals surface area (Å²) < 4.78 is 0. The van der Waals surface area contributed by atoms with Gasteiger partial charge in [0.15, 0.2) is 0 Å². The Morgan fingerprint density at radius 3 is 3.00 bits per heavy atom. The number of hydrogen-bond donors (Lipinski definition) is 2. The highest BCUT2D eigenvalue weighted by atomic mass is 15.4. The van der Waals surface area contributed by atoms with Gasteiger partial charge in [0.05, 0.1) is 0 Å². The minimum atomic E-state index is 0.543. The summed E-state index contributed by atoms with van der Waals surface area (Å²) in [7, 11) is 0. The largest absolute Gasteiger partial charge is 0.338 e. The van der Waals surface area contributed by atoms with E-state index in [0.29, 0.717) is 5.92 Å². The van der Waals surface area contributed by atoms with Crippen molar-refractivity contribution in [3.05, 3.63) is 5.82 Å². The van der Waals surface area contributed by atoms with Gasteiger partial charge in [-0.25, -0.2) is 0 Å². The van der Waals surface area contributed by atoms with Crippen molar-refractivity contribution in [3.8, 4) is 0 Å². The summed E-state index contributed by atoms with van der Waals surface area (Å²) in [6.45, 7) is 6.46. The van der Waals surface area contributed by atoms with Gasteiger partial charge in [-0.1, -0.05) is 6.92 Å². The maximum absolute atomic E-state index is 4.67. The van der Waals surface area contributed by atoms with Crippen molar-refractivity contribution in [2.75, 3.05) is 31.1 Å². The number of nitrogens with one attached hydrogen (secondary N) is 2. The van der Waals surface area contributed by atoms with E-state index in [1.807, 2.05) is 0 Å². The Balaban J connectivity index is 1.69. The van der Waals surface area contributed by atoms with Crippen LogP contribution in [-0.4, -0.2) is 41.4 Å². The third-order valence-electron chi connectivity index (χ3n) is 3.87. The molecular formula is C12H21N5. The smallest absolute Gasteiger partial charge is 0.244 e. The third kappa shape index (κ3) is 2.44. The number of rotatable bonds is 3. The molecule has 5 heteroatoms. The number of aromatic nitrogens is 3. The van der Waals surface area contributed by atoms with Crippen LogP contribution in [0.15, 0.2) is 0 Å². The Kier molecular flexibility index (Phi) is 3.01. The molecule has 17 heavy (non-hydrogen) atoms. The second-order valence-electron chi connectivity index (χ2n) is 5.24. The van der Waals surface area contributed by atoms with Crippen molar-refractivity contribution >= 4 is 5.95 Å². The van der Waals surface area contributed by atoms with Crippen LogP contribution in [0.25, 0.3) is 0 Å². The molecule has 5 nitrogen and oxygen atoms in total. The summed E-state index contributed by atoms with van der Waals surface area (Å²) in [5.41, 5.74) is 0. The van der Waals surface area contributed by atoms with E-state index in [1.54, 1.807) is 0 Å². The second-order valence-corrected chi connectivity index (χ2v) is 5.24. The minimum absolute atomic E-state index is 0.543. The summed E-state index contributed by atoms with van der Waals surface area (Å²) in [5.74, 6) is 3.33. The van der Waals surface area contributed by atoms with E-state index in [9.17, 15) is 0 Å². The SMILES string of the molecule is CC(c1nc(N2CCCNCC2)n[nH]1)C1CC1. The van der Waals surface area contributed by atoms with Gasteiger partial charge >= 0.3 is 0 Å². The Labute approximate surface area is 102 Å². The van der Waals surface area contributed by atoms with Crippen LogP contribution in [-0.2, 0) is 0 Å². The summed E-state index contributed by atoms with van der Waals surface area (Å²) >= 11 is 0. The highest BCUT2D eigenvalue weighted by Crippen LogP contribution is 2.41. The quantitative estimate of drug-likeness (QED) is 0.824. The van der Waals surface area contributed by atoms with Gasteiger partial charge in [0.2, 0.25) is 5.95 Å². The first-order chi connectivity index (χ1) is 8.34. The Morgan fingerprint density at radius 2 is 2.18 bits per heavy atom. The lowest BCUT2D eigenvalue weighted by Crippen LogP contribution is -2.28. The molecule has 1 aromatic rings. The van der Waals surface area contributed by atoms with Crippen molar-refractivity contribution in [2.24, 2.45) is 5.92 Å². The topological polar surface area (TPSA) is 56.8 Å². The zero-order chi connectivity index (χ0) is 11.7. The molecule has 1 saturated carbocycles.